The van der Waals surface area contributed by atoms with E-state index in [2.05, 4.69) is 15.9 Å². The van der Waals surface area contributed by atoms with Crippen LogP contribution in [0.25, 0.3) is 0 Å². The lowest BCUT2D eigenvalue weighted by Crippen LogP contribution is -2.06. The van der Waals surface area contributed by atoms with E-state index < -0.39 is 34.6 Å². The molecule has 0 bridgehead atoms. The molecule has 0 atom stereocenters. The largest absolute Gasteiger partial charge is 0.288 e. The van der Waals surface area contributed by atoms with Crippen LogP contribution < -0.4 is 0 Å². The van der Waals surface area contributed by atoms with Crippen molar-refractivity contribution in [3.8, 4) is 0 Å². The molecule has 6 heteroatoms. The lowest BCUT2D eigenvalue weighted by Gasteiger charge is -2.04. The van der Waals surface area contributed by atoms with Crippen molar-refractivity contribution in [1.82, 2.24) is 0 Å². The second-order valence-electron chi connectivity index (χ2n) is 3.70. The van der Waals surface area contributed by atoms with Gasteiger partial charge in [-0.25, -0.2) is 17.6 Å². The second-order valence-corrected chi connectivity index (χ2v) is 4.56. The van der Waals surface area contributed by atoms with Gasteiger partial charge in [-0.1, -0.05) is 0 Å². The van der Waals surface area contributed by atoms with Gasteiger partial charge in [-0.15, -0.1) is 0 Å². The van der Waals surface area contributed by atoms with E-state index in [1.807, 2.05) is 0 Å². The van der Waals surface area contributed by atoms with E-state index >= 15 is 0 Å². The molecule has 0 amide bonds. The van der Waals surface area contributed by atoms with E-state index in [1.54, 1.807) is 0 Å². The van der Waals surface area contributed by atoms with Gasteiger partial charge in [0.25, 0.3) is 0 Å². The molecule has 0 spiro atoms. The highest BCUT2D eigenvalue weighted by atomic mass is 79.9. The Hall–Kier alpha value is -1.69. The molecule has 0 aliphatic carbocycles. The van der Waals surface area contributed by atoms with E-state index in [0.29, 0.717) is 6.07 Å². The Balaban J connectivity index is 2.49. The van der Waals surface area contributed by atoms with E-state index in [-0.39, 0.29) is 16.1 Å². The molecule has 0 aromatic heterocycles. The predicted molar refractivity (Wildman–Crippen MR) is 63.8 cm³/mol. The number of hydrogen-bond donors (Lipinski definition) is 0. The van der Waals surface area contributed by atoms with E-state index in [0.717, 1.165) is 6.07 Å². The highest BCUT2D eigenvalue weighted by Gasteiger charge is 2.18. The summed E-state index contributed by atoms with van der Waals surface area (Å²) in [5, 5.41) is 0. The minimum Gasteiger partial charge on any atom is -0.288 e. The monoisotopic (exact) mass is 332 g/mol. The van der Waals surface area contributed by atoms with Crippen molar-refractivity contribution in [3.63, 3.8) is 0 Å². The van der Waals surface area contributed by atoms with Crippen LogP contribution in [0.15, 0.2) is 34.8 Å². The van der Waals surface area contributed by atoms with Crippen LogP contribution in [0.1, 0.15) is 15.9 Å². The predicted octanol–water partition coefficient (Wildman–Crippen LogP) is 4.24. The van der Waals surface area contributed by atoms with Gasteiger partial charge in [0, 0.05) is 11.6 Å². The molecular formula is C13H5BrF4O. The van der Waals surface area contributed by atoms with Gasteiger partial charge in [0.15, 0.2) is 17.4 Å². The Morgan fingerprint density at radius 3 is 2.11 bits per heavy atom. The molecule has 2 rings (SSSR count). The molecule has 0 aliphatic heterocycles. The van der Waals surface area contributed by atoms with Crippen molar-refractivity contribution in [2.24, 2.45) is 0 Å². The molecule has 2 aromatic rings. The summed E-state index contributed by atoms with van der Waals surface area (Å²) in [4.78, 5) is 11.9. The first kappa shape index (κ1) is 13.7. The summed E-state index contributed by atoms with van der Waals surface area (Å²) in [6.45, 7) is 0. The number of carbonyl (C=O) groups excluding carboxylic acids is 1. The zero-order valence-corrected chi connectivity index (χ0v) is 10.8. The van der Waals surface area contributed by atoms with Crippen molar-refractivity contribution in [2.75, 3.05) is 0 Å². The summed E-state index contributed by atoms with van der Waals surface area (Å²) in [6, 6.07) is 4.12. The summed E-state index contributed by atoms with van der Waals surface area (Å²) in [7, 11) is 0. The van der Waals surface area contributed by atoms with Crippen molar-refractivity contribution < 1.29 is 22.4 Å². The maximum absolute atomic E-state index is 13.4. The van der Waals surface area contributed by atoms with Crippen molar-refractivity contribution >= 4 is 21.7 Å². The van der Waals surface area contributed by atoms with Gasteiger partial charge in [-0.05, 0) is 40.2 Å². The smallest absolute Gasteiger partial charge is 0.196 e. The Morgan fingerprint density at radius 1 is 0.842 bits per heavy atom. The van der Waals surface area contributed by atoms with Crippen LogP contribution in [0, 0.1) is 23.3 Å². The van der Waals surface area contributed by atoms with E-state index in [4.69, 9.17) is 0 Å². The SMILES string of the molecule is O=C(c1ccc(Br)c(F)c1)c1cc(F)c(F)cc1F. The number of ketones is 1. The Morgan fingerprint density at radius 2 is 1.47 bits per heavy atom. The fraction of sp³-hybridized carbons (Fsp3) is 0. The molecule has 0 unspecified atom stereocenters. The number of benzene rings is 2. The van der Waals surface area contributed by atoms with Crippen LogP contribution in [0.2, 0.25) is 0 Å². The molecule has 1 nitrogen and oxygen atoms in total. The van der Waals surface area contributed by atoms with Crippen LogP contribution in [0.4, 0.5) is 17.6 Å². The van der Waals surface area contributed by atoms with Gasteiger partial charge in [-0.2, -0.15) is 0 Å². The van der Waals surface area contributed by atoms with Crippen molar-refractivity contribution in [1.29, 1.82) is 0 Å². The van der Waals surface area contributed by atoms with Crippen molar-refractivity contribution in [3.05, 3.63) is 69.2 Å². The third kappa shape index (κ3) is 2.68. The second kappa shape index (κ2) is 5.13. The summed E-state index contributed by atoms with van der Waals surface area (Å²) >= 11 is 2.90. The number of rotatable bonds is 2. The summed E-state index contributed by atoms with van der Waals surface area (Å²) in [5.74, 6) is -5.58. The maximum atomic E-state index is 13.4. The average molecular weight is 333 g/mol. The fourth-order valence-electron chi connectivity index (χ4n) is 1.49. The molecule has 0 saturated heterocycles. The van der Waals surface area contributed by atoms with Gasteiger partial charge in [0.1, 0.15) is 11.6 Å². The quantitative estimate of drug-likeness (QED) is 0.457. The zero-order valence-electron chi connectivity index (χ0n) is 9.18. The molecule has 98 valence electrons. The molecule has 0 aliphatic rings. The molecule has 0 N–H and O–H groups in total. The first-order chi connectivity index (χ1) is 8.90. The third-order valence-corrected chi connectivity index (χ3v) is 3.08. The van der Waals surface area contributed by atoms with Gasteiger partial charge < -0.3 is 0 Å². The summed E-state index contributed by atoms with van der Waals surface area (Å²) in [5.41, 5.74) is -0.814. The molecule has 0 heterocycles. The standard InChI is InChI=1S/C13H5BrF4O/c14-8-2-1-6(3-10(8)16)13(19)7-4-11(17)12(18)5-9(7)15/h1-5H. The van der Waals surface area contributed by atoms with Gasteiger partial charge in [0.2, 0.25) is 0 Å². The highest BCUT2D eigenvalue weighted by Crippen LogP contribution is 2.21. The van der Waals surface area contributed by atoms with Crippen LogP contribution in [0.3, 0.4) is 0 Å². The first-order valence-corrected chi connectivity index (χ1v) is 5.83. The van der Waals surface area contributed by atoms with Gasteiger partial charge >= 0.3 is 0 Å². The summed E-state index contributed by atoms with van der Waals surface area (Å²) in [6.07, 6.45) is 0. The topological polar surface area (TPSA) is 17.1 Å². The lowest BCUT2D eigenvalue weighted by molar-refractivity contribution is 0.103. The van der Waals surface area contributed by atoms with Gasteiger partial charge in [-0.3, -0.25) is 4.79 Å². The molecule has 2 aromatic carbocycles. The fourth-order valence-corrected chi connectivity index (χ4v) is 1.74. The zero-order chi connectivity index (χ0) is 14.2. The van der Waals surface area contributed by atoms with E-state index in [1.165, 1.54) is 12.1 Å². The Kier molecular flexibility index (Phi) is 3.71. The molecular weight excluding hydrogens is 328 g/mol. The summed E-state index contributed by atoms with van der Waals surface area (Å²) < 4.78 is 52.6. The molecule has 0 saturated carbocycles. The van der Waals surface area contributed by atoms with Crippen molar-refractivity contribution in [2.45, 2.75) is 0 Å². The molecule has 0 radical (unpaired) electrons. The third-order valence-electron chi connectivity index (χ3n) is 2.44. The normalized spacial score (nSPS) is 10.6. The van der Waals surface area contributed by atoms with E-state index in [9.17, 15) is 22.4 Å². The Labute approximate surface area is 114 Å². The molecule has 0 fully saturated rings. The van der Waals surface area contributed by atoms with Gasteiger partial charge in [0.05, 0.1) is 10.0 Å². The maximum Gasteiger partial charge on any atom is 0.196 e. The minimum absolute atomic E-state index is 0.134. The average Bonchev–Trinajstić information content (AvgIpc) is 2.36. The first-order valence-electron chi connectivity index (χ1n) is 5.04. The number of carbonyl (C=O) groups is 1. The minimum atomic E-state index is -1.39. The Bertz CT molecular complexity index is 670. The van der Waals surface area contributed by atoms with Crippen LogP contribution in [0.5, 0.6) is 0 Å². The van der Waals surface area contributed by atoms with Crippen LogP contribution >= 0.6 is 15.9 Å². The highest BCUT2D eigenvalue weighted by molar-refractivity contribution is 9.10. The molecule has 19 heavy (non-hydrogen) atoms. The van der Waals surface area contributed by atoms with Crippen LogP contribution in [-0.4, -0.2) is 5.78 Å². The number of halogens is 5. The van der Waals surface area contributed by atoms with Crippen LogP contribution in [-0.2, 0) is 0 Å². The lowest BCUT2D eigenvalue weighted by atomic mass is 10.0. The number of hydrogen-bond acceptors (Lipinski definition) is 1.